The first-order valence-corrected chi connectivity index (χ1v) is 12.6. The molecule has 0 amide bonds. The molecule has 0 saturated carbocycles. The Labute approximate surface area is 223 Å². The lowest BCUT2D eigenvalue weighted by atomic mass is 10.1. The fourth-order valence-corrected chi connectivity index (χ4v) is 4.81. The summed E-state index contributed by atoms with van der Waals surface area (Å²) < 4.78 is 43.2. The van der Waals surface area contributed by atoms with Crippen molar-refractivity contribution in [2.24, 2.45) is 0 Å². The number of rotatable bonds is 8. The van der Waals surface area contributed by atoms with Gasteiger partial charge in [-0.15, -0.1) is 0 Å². The van der Waals surface area contributed by atoms with Crippen LogP contribution in [0, 0.1) is 17.5 Å². The first kappa shape index (κ1) is 24.4. The number of benzene rings is 3. The SMILES string of the molecule is Fc1ccccc1-c1cc(CN(Cc2c[nH]c(-c3ccccc3F)c2)c2c[nH]c(-c3ccccc3F)c2)c[nH]1. The van der Waals surface area contributed by atoms with Gasteiger partial charge < -0.3 is 19.9 Å². The predicted octanol–water partition coefficient (Wildman–Crippen LogP) is 8.30. The molecule has 0 aliphatic carbocycles. The minimum absolute atomic E-state index is 0.295. The molecule has 0 aliphatic heterocycles. The predicted molar refractivity (Wildman–Crippen MR) is 148 cm³/mol. The van der Waals surface area contributed by atoms with Gasteiger partial charge in [0.05, 0.1) is 11.4 Å². The molecule has 39 heavy (non-hydrogen) atoms. The summed E-state index contributed by atoms with van der Waals surface area (Å²) in [6, 6.07) is 25.7. The van der Waals surface area contributed by atoms with Gasteiger partial charge in [-0.3, -0.25) is 0 Å². The second-order valence-electron chi connectivity index (χ2n) is 9.41. The minimum Gasteiger partial charge on any atom is -0.362 e. The number of nitrogens with zero attached hydrogens (tertiary/aromatic N) is 1. The molecule has 0 bridgehead atoms. The van der Waals surface area contributed by atoms with Crippen LogP contribution in [0.25, 0.3) is 33.8 Å². The van der Waals surface area contributed by atoms with Crippen LogP contribution in [0.5, 0.6) is 0 Å². The summed E-state index contributed by atoms with van der Waals surface area (Å²) in [7, 11) is 0. The smallest absolute Gasteiger partial charge is 0.132 e. The molecular formula is C32H25F3N4. The fourth-order valence-electron chi connectivity index (χ4n) is 4.81. The third-order valence-corrected chi connectivity index (χ3v) is 6.76. The van der Waals surface area contributed by atoms with Crippen molar-refractivity contribution in [3.63, 3.8) is 0 Å². The highest BCUT2D eigenvalue weighted by atomic mass is 19.1. The van der Waals surface area contributed by atoms with Crippen LogP contribution in [0.1, 0.15) is 11.1 Å². The maximum absolute atomic E-state index is 14.5. The molecule has 0 radical (unpaired) electrons. The summed E-state index contributed by atoms with van der Waals surface area (Å²) in [5.41, 5.74) is 6.28. The monoisotopic (exact) mass is 522 g/mol. The molecule has 0 fully saturated rings. The van der Waals surface area contributed by atoms with Crippen molar-refractivity contribution < 1.29 is 13.2 Å². The number of hydrogen-bond donors (Lipinski definition) is 3. The molecule has 0 aliphatic rings. The molecule has 0 spiro atoms. The Hall–Kier alpha value is -4.91. The number of nitrogens with one attached hydrogen (secondary N) is 3. The maximum atomic E-state index is 14.5. The highest BCUT2D eigenvalue weighted by Crippen LogP contribution is 2.30. The van der Waals surface area contributed by atoms with Gasteiger partial charge in [0, 0.05) is 59.8 Å². The van der Waals surface area contributed by atoms with Crippen molar-refractivity contribution in [1.82, 2.24) is 15.0 Å². The quantitative estimate of drug-likeness (QED) is 0.185. The Morgan fingerprint density at radius 3 is 1.31 bits per heavy atom. The van der Waals surface area contributed by atoms with E-state index in [1.165, 1.54) is 18.2 Å². The topological polar surface area (TPSA) is 50.6 Å². The molecule has 3 aromatic heterocycles. The van der Waals surface area contributed by atoms with E-state index in [1.54, 1.807) is 54.6 Å². The molecule has 0 saturated heterocycles. The van der Waals surface area contributed by atoms with Gasteiger partial charge in [0.15, 0.2) is 0 Å². The number of aromatic amines is 3. The summed E-state index contributed by atoms with van der Waals surface area (Å²) in [5.74, 6) is -0.899. The van der Waals surface area contributed by atoms with Crippen molar-refractivity contribution in [3.8, 4) is 33.8 Å². The van der Waals surface area contributed by atoms with Crippen LogP contribution in [0.4, 0.5) is 18.9 Å². The van der Waals surface area contributed by atoms with Gasteiger partial charge in [0.1, 0.15) is 17.5 Å². The molecule has 3 aromatic carbocycles. The third kappa shape index (κ3) is 5.11. The van der Waals surface area contributed by atoms with E-state index in [9.17, 15) is 13.2 Å². The van der Waals surface area contributed by atoms with E-state index in [0.717, 1.165) is 16.8 Å². The standard InChI is InChI=1S/C32H25F3N4/c33-27-10-4-1-7-24(27)30-13-21(16-36-30)19-39(23-15-32(38-18-23)26-9-3-6-12-29(26)35)20-22-14-31(37-17-22)25-8-2-5-11-28(25)34/h1-18,36-38H,19-20H2. The second kappa shape index (κ2) is 10.5. The average molecular weight is 523 g/mol. The van der Waals surface area contributed by atoms with Crippen LogP contribution in [0.15, 0.2) is 110 Å². The van der Waals surface area contributed by atoms with Gasteiger partial charge in [-0.1, -0.05) is 36.4 Å². The van der Waals surface area contributed by atoms with E-state index >= 15 is 0 Å². The highest BCUT2D eigenvalue weighted by Gasteiger charge is 2.16. The first-order valence-electron chi connectivity index (χ1n) is 12.6. The minimum atomic E-state index is -0.308. The van der Waals surface area contributed by atoms with Crippen molar-refractivity contribution in [1.29, 1.82) is 0 Å². The van der Waals surface area contributed by atoms with Crippen LogP contribution in [0.2, 0.25) is 0 Å². The fraction of sp³-hybridized carbons (Fsp3) is 0.0625. The lowest BCUT2D eigenvalue weighted by Crippen LogP contribution is -2.21. The zero-order valence-corrected chi connectivity index (χ0v) is 20.9. The van der Waals surface area contributed by atoms with Gasteiger partial charge in [0.2, 0.25) is 0 Å². The molecule has 7 heteroatoms. The van der Waals surface area contributed by atoms with E-state index in [4.69, 9.17) is 0 Å². The molecule has 6 rings (SSSR count). The van der Waals surface area contributed by atoms with Gasteiger partial charge in [-0.2, -0.15) is 0 Å². The summed E-state index contributed by atoms with van der Waals surface area (Å²) >= 11 is 0. The van der Waals surface area contributed by atoms with E-state index in [2.05, 4.69) is 19.9 Å². The summed E-state index contributed by atoms with van der Waals surface area (Å²) in [6.07, 6.45) is 5.57. The molecule has 0 atom stereocenters. The number of aromatic nitrogens is 3. The number of anilines is 1. The zero-order chi connectivity index (χ0) is 26.8. The van der Waals surface area contributed by atoms with E-state index < -0.39 is 0 Å². The van der Waals surface area contributed by atoms with E-state index in [1.807, 2.05) is 36.8 Å². The summed E-state index contributed by atoms with van der Waals surface area (Å²) in [5, 5.41) is 0. The van der Waals surface area contributed by atoms with Crippen LogP contribution in [-0.2, 0) is 13.1 Å². The number of halogens is 3. The third-order valence-electron chi connectivity index (χ3n) is 6.76. The Balaban J connectivity index is 1.32. The number of hydrogen-bond acceptors (Lipinski definition) is 1. The molecule has 194 valence electrons. The first-order chi connectivity index (χ1) is 19.0. The molecule has 3 heterocycles. The van der Waals surface area contributed by atoms with Crippen molar-refractivity contribution in [3.05, 3.63) is 138 Å². The van der Waals surface area contributed by atoms with Gasteiger partial charge in [-0.25, -0.2) is 13.2 Å². The largest absolute Gasteiger partial charge is 0.362 e. The molecular weight excluding hydrogens is 497 g/mol. The van der Waals surface area contributed by atoms with Gasteiger partial charge in [-0.05, 0) is 65.7 Å². The van der Waals surface area contributed by atoms with Crippen LogP contribution < -0.4 is 4.90 Å². The van der Waals surface area contributed by atoms with Crippen molar-refractivity contribution >= 4 is 5.69 Å². The Morgan fingerprint density at radius 2 is 0.872 bits per heavy atom. The van der Waals surface area contributed by atoms with Gasteiger partial charge >= 0.3 is 0 Å². The molecule has 0 unspecified atom stereocenters. The highest BCUT2D eigenvalue weighted by molar-refractivity contribution is 5.67. The lowest BCUT2D eigenvalue weighted by molar-refractivity contribution is 0.630. The molecule has 6 aromatic rings. The Kier molecular flexibility index (Phi) is 6.55. The Bertz CT molecular complexity index is 1640. The van der Waals surface area contributed by atoms with Crippen LogP contribution in [0.3, 0.4) is 0 Å². The maximum Gasteiger partial charge on any atom is 0.132 e. The second-order valence-corrected chi connectivity index (χ2v) is 9.41. The zero-order valence-electron chi connectivity index (χ0n) is 20.9. The Morgan fingerprint density at radius 1 is 0.487 bits per heavy atom. The summed E-state index contributed by atoms with van der Waals surface area (Å²) in [4.78, 5) is 11.7. The average Bonchev–Trinajstić information content (AvgIpc) is 3.71. The summed E-state index contributed by atoms with van der Waals surface area (Å²) in [6.45, 7) is 0.999. The van der Waals surface area contributed by atoms with E-state index in [-0.39, 0.29) is 17.5 Å². The van der Waals surface area contributed by atoms with E-state index in [0.29, 0.717) is 46.9 Å². The van der Waals surface area contributed by atoms with Crippen molar-refractivity contribution in [2.75, 3.05) is 4.90 Å². The normalized spacial score (nSPS) is 11.2. The number of H-pyrrole nitrogens is 3. The van der Waals surface area contributed by atoms with Gasteiger partial charge in [0.25, 0.3) is 0 Å². The van der Waals surface area contributed by atoms with Crippen LogP contribution >= 0.6 is 0 Å². The lowest BCUT2D eigenvalue weighted by Gasteiger charge is -2.22. The molecule has 3 N–H and O–H groups in total. The van der Waals surface area contributed by atoms with Crippen LogP contribution in [-0.4, -0.2) is 15.0 Å². The van der Waals surface area contributed by atoms with Crippen molar-refractivity contribution in [2.45, 2.75) is 13.1 Å². The molecule has 4 nitrogen and oxygen atoms in total.